The second kappa shape index (κ2) is 13.2. The molecule has 4 nitrogen and oxygen atoms in total. The quantitative estimate of drug-likeness (QED) is 0.282. The van der Waals surface area contributed by atoms with E-state index in [1.54, 1.807) is 7.05 Å². The summed E-state index contributed by atoms with van der Waals surface area (Å²) in [5, 5.41) is 15.5. The summed E-state index contributed by atoms with van der Waals surface area (Å²) < 4.78 is 0. The molecule has 0 amide bonds. The predicted octanol–water partition coefficient (Wildman–Crippen LogP) is 4.20. The number of hydrogen-bond acceptors (Lipinski definition) is 2. The van der Waals surface area contributed by atoms with Crippen molar-refractivity contribution >= 4 is 29.9 Å². The van der Waals surface area contributed by atoms with E-state index in [0.717, 1.165) is 17.9 Å². The molecular weight excluding hydrogens is 399 g/mol. The Morgan fingerprint density at radius 3 is 2.48 bits per heavy atom. The van der Waals surface area contributed by atoms with Crippen molar-refractivity contribution in [3.05, 3.63) is 35.4 Å². The molecule has 0 aliphatic heterocycles. The van der Waals surface area contributed by atoms with Gasteiger partial charge in [-0.2, -0.15) is 5.26 Å². The van der Waals surface area contributed by atoms with Crippen LogP contribution in [0.1, 0.15) is 57.1 Å². The van der Waals surface area contributed by atoms with E-state index in [1.807, 2.05) is 24.3 Å². The van der Waals surface area contributed by atoms with Crippen LogP contribution < -0.4 is 10.6 Å². The summed E-state index contributed by atoms with van der Waals surface area (Å²) in [7, 11) is 1.79. The lowest BCUT2D eigenvalue weighted by Gasteiger charge is -2.18. The van der Waals surface area contributed by atoms with Crippen LogP contribution >= 0.6 is 24.0 Å². The molecule has 0 aliphatic rings. The molecule has 5 heteroatoms. The van der Waals surface area contributed by atoms with Crippen LogP contribution in [0.3, 0.4) is 0 Å². The number of guanidine groups is 1. The minimum Gasteiger partial charge on any atom is -0.354 e. The highest BCUT2D eigenvalue weighted by molar-refractivity contribution is 14.0. The van der Waals surface area contributed by atoms with Gasteiger partial charge in [0, 0.05) is 19.6 Å². The number of halogens is 1. The van der Waals surface area contributed by atoms with Gasteiger partial charge in [-0.3, -0.25) is 4.99 Å². The molecule has 23 heavy (non-hydrogen) atoms. The van der Waals surface area contributed by atoms with Crippen molar-refractivity contribution in [2.45, 2.75) is 58.5 Å². The Kier molecular flexibility index (Phi) is 12.4. The summed E-state index contributed by atoms with van der Waals surface area (Å²) in [5.74, 6) is 0.826. The average molecular weight is 428 g/mol. The van der Waals surface area contributed by atoms with E-state index >= 15 is 0 Å². The fourth-order valence-corrected chi connectivity index (χ4v) is 2.26. The Hall–Kier alpha value is -1.29. The zero-order valence-corrected chi connectivity index (χ0v) is 16.8. The molecule has 1 unspecified atom stereocenters. The zero-order valence-electron chi connectivity index (χ0n) is 14.4. The Labute approximate surface area is 157 Å². The van der Waals surface area contributed by atoms with Crippen LogP contribution in [0, 0.1) is 11.3 Å². The SMILES string of the molecule is CCCCCCC(C)NC(=NC)NCc1ccc(C#N)cc1.I. The number of rotatable bonds is 8. The van der Waals surface area contributed by atoms with E-state index in [2.05, 4.69) is 35.5 Å². The summed E-state index contributed by atoms with van der Waals surface area (Å²) in [6.07, 6.45) is 6.32. The van der Waals surface area contributed by atoms with Crippen LogP contribution in [0.25, 0.3) is 0 Å². The number of nitrogens with zero attached hydrogens (tertiary/aromatic N) is 2. The number of aliphatic imine (C=N–C) groups is 1. The zero-order chi connectivity index (χ0) is 16.2. The molecule has 0 fully saturated rings. The Morgan fingerprint density at radius 1 is 1.22 bits per heavy atom. The van der Waals surface area contributed by atoms with Gasteiger partial charge in [0.15, 0.2) is 5.96 Å². The lowest BCUT2D eigenvalue weighted by atomic mass is 10.1. The van der Waals surface area contributed by atoms with Gasteiger partial charge in [-0.15, -0.1) is 24.0 Å². The van der Waals surface area contributed by atoms with Crippen molar-refractivity contribution < 1.29 is 0 Å². The first kappa shape index (κ1) is 21.7. The maximum Gasteiger partial charge on any atom is 0.191 e. The second-order valence-electron chi connectivity index (χ2n) is 5.63. The molecule has 1 atom stereocenters. The van der Waals surface area contributed by atoms with Crippen molar-refractivity contribution in [2.75, 3.05) is 7.05 Å². The number of nitriles is 1. The number of nitrogens with one attached hydrogen (secondary N) is 2. The fourth-order valence-electron chi connectivity index (χ4n) is 2.26. The minimum atomic E-state index is 0. The third-order valence-electron chi connectivity index (χ3n) is 3.64. The molecule has 0 aliphatic carbocycles. The summed E-state index contributed by atoms with van der Waals surface area (Å²) in [6.45, 7) is 5.13. The van der Waals surface area contributed by atoms with Crippen molar-refractivity contribution in [3.8, 4) is 6.07 Å². The lowest BCUT2D eigenvalue weighted by molar-refractivity contribution is 0.537. The third-order valence-corrected chi connectivity index (χ3v) is 3.64. The highest BCUT2D eigenvalue weighted by Crippen LogP contribution is 2.05. The second-order valence-corrected chi connectivity index (χ2v) is 5.63. The van der Waals surface area contributed by atoms with Crippen LogP contribution in [0.5, 0.6) is 0 Å². The smallest absolute Gasteiger partial charge is 0.191 e. The molecule has 0 heterocycles. The first-order valence-electron chi connectivity index (χ1n) is 8.15. The molecular formula is C18H29IN4. The van der Waals surface area contributed by atoms with Crippen LogP contribution in [-0.2, 0) is 6.54 Å². The summed E-state index contributed by atoms with van der Waals surface area (Å²) in [6, 6.07) is 10.2. The van der Waals surface area contributed by atoms with Gasteiger partial charge in [0.25, 0.3) is 0 Å². The van der Waals surface area contributed by atoms with E-state index in [0.29, 0.717) is 18.2 Å². The van der Waals surface area contributed by atoms with Crippen molar-refractivity contribution in [3.63, 3.8) is 0 Å². The lowest BCUT2D eigenvalue weighted by Crippen LogP contribution is -2.41. The Morgan fingerprint density at radius 2 is 1.91 bits per heavy atom. The third kappa shape index (κ3) is 9.44. The first-order valence-corrected chi connectivity index (χ1v) is 8.15. The number of unbranched alkanes of at least 4 members (excludes halogenated alkanes) is 3. The van der Waals surface area contributed by atoms with E-state index < -0.39 is 0 Å². The summed E-state index contributed by atoms with van der Waals surface area (Å²) >= 11 is 0. The predicted molar refractivity (Wildman–Crippen MR) is 108 cm³/mol. The molecule has 1 aromatic carbocycles. The van der Waals surface area contributed by atoms with Gasteiger partial charge in [-0.25, -0.2) is 0 Å². The molecule has 2 N–H and O–H groups in total. The van der Waals surface area contributed by atoms with Crippen LogP contribution in [-0.4, -0.2) is 19.0 Å². The van der Waals surface area contributed by atoms with Gasteiger partial charge < -0.3 is 10.6 Å². The van der Waals surface area contributed by atoms with E-state index in [9.17, 15) is 0 Å². The molecule has 0 aromatic heterocycles. The van der Waals surface area contributed by atoms with Gasteiger partial charge in [0.2, 0.25) is 0 Å². The average Bonchev–Trinajstić information content (AvgIpc) is 2.56. The van der Waals surface area contributed by atoms with Gasteiger partial charge in [-0.05, 0) is 31.0 Å². The first-order chi connectivity index (χ1) is 10.7. The van der Waals surface area contributed by atoms with E-state index in [1.165, 1.54) is 25.7 Å². The van der Waals surface area contributed by atoms with E-state index in [-0.39, 0.29) is 24.0 Å². The molecule has 0 radical (unpaired) electrons. The fraction of sp³-hybridized carbons (Fsp3) is 0.556. The Bertz CT molecular complexity index is 491. The molecule has 0 bridgehead atoms. The van der Waals surface area contributed by atoms with Crippen molar-refractivity contribution in [2.24, 2.45) is 4.99 Å². The van der Waals surface area contributed by atoms with Crippen LogP contribution in [0.2, 0.25) is 0 Å². The summed E-state index contributed by atoms with van der Waals surface area (Å²) in [5.41, 5.74) is 1.82. The molecule has 128 valence electrons. The normalized spacial score (nSPS) is 12.0. The molecule has 1 aromatic rings. The summed E-state index contributed by atoms with van der Waals surface area (Å²) in [4.78, 5) is 4.26. The molecule has 0 saturated heterocycles. The minimum absolute atomic E-state index is 0. The van der Waals surface area contributed by atoms with Gasteiger partial charge >= 0.3 is 0 Å². The van der Waals surface area contributed by atoms with Crippen LogP contribution in [0.15, 0.2) is 29.3 Å². The monoisotopic (exact) mass is 428 g/mol. The van der Waals surface area contributed by atoms with Crippen molar-refractivity contribution in [1.82, 2.24) is 10.6 Å². The molecule has 0 spiro atoms. The highest BCUT2D eigenvalue weighted by Gasteiger charge is 2.05. The standard InChI is InChI=1S/C18H28N4.HI/c1-4-5-6-7-8-15(2)22-18(20-3)21-14-17-11-9-16(13-19)10-12-17;/h9-12,15H,4-8,14H2,1-3H3,(H2,20,21,22);1H. The highest BCUT2D eigenvalue weighted by atomic mass is 127. The maximum absolute atomic E-state index is 8.79. The topological polar surface area (TPSA) is 60.2 Å². The molecule has 1 rings (SSSR count). The Balaban J connectivity index is 0.00000484. The largest absolute Gasteiger partial charge is 0.354 e. The van der Waals surface area contributed by atoms with Crippen molar-refractivity contribution in [1.29, 1.82) is 5.26 Å². The maximum atomic E-state index is 8.79. The van der Waals surface area contributed by atoms with Crippen LogP contribution in [0.4, 0.5) is 0 Å². The van der Waals surface area contributed by atoms with E-state index in [4.69, 9.17) is 5.26 Å². The number of hydrogen-bond donors (Lipinski definition) is 2. The number of benzene rings is 1. The molecule has 0 saturated carbocycles. The van der Waals surface area contributed by atoms with Gasteiger partial charge in [0.1, 0.15) is 0 Å². The van der Waals surface area contributed by atoms with Gasteiger partial charge in [-0.1, -0.05) is 44.7 Å². The van der Waals surface area contributed by atoms with Gasteiger partial charge in [0.05, 0.1) is 11.6 Å².